The minimum atomic E-state index is -2.15. The number of nitrogens with zero attached hydrogens (tertiary/aromatic N) is 1. The molecule has 88 valence electrons. The Balaban J connectivity index is 2.62. The fourth-order valence-electron chi connectivity index (χ4n) is 1.17. The lowest BCUT2D eigenvalue weighted by atomic mass is 10.1. The first-order valence-corrected chi connectivity index (χ1v) is 5.96. The van der Waals surface area contributed by atoms with E-state index in [0.717, 1.165) is 5.56 Å². The largest absolute Gasteiger partial charge is 0.369 e. The average Bonchev–Trinajstić information content (AvgIpc) is 2.25. The summed E-state index contributed by atoms with van der Waals surface area (Å²) < 4.78 is 0. The SMILES string of the molecule is NC(N)=NNC(Cc1ccccc1)P(O)O. The monoisotopic (exact) mass is 242 g/mol. The van der Waals surface area contributed by atoms with Crippen LogP contribution in [0.2, 0.25) is 0 Å². The summed E-state index contributed by atoms with van der Waals surface area (Å²) in [6.45, 7) is 0. The quantitative estimate of drug-likeness (QED) is 0.209. The molecule has 0 amide bonds. The first kappa shape index (κ1) is 12.7. The van der Waals surface area contributed by atoms with Gasteiger partial charge in [0.15, 0.2) is 8.38 Å². The highest BCUT2D eigenvalue weighted by molar-refractivity contribution is 7.45. The summed E-state index contributed by atoms with van der Waals surface area (Å²) in [5, 5.41) is 3.56. The maximum absolute atomic E-state index is 9.19. The highest BCUT2D eigenvalue weighted by Gasteiger charge is 2.17. The molecule has 0 radical (unpaired) electrons. The Morgan fingerprint density at radius 3 is 2.44 bits per heavy atom. The van der Waals surface area contributed by atoms with Crippen LogP contribution in [-0.4, -0.2) is 21.5 Å². The fourth-order valence-corrected chi connectivity index (χ4v) is 1.70. The Kier molecular flexibility index (Phi) is 4.98. The predicted octanol–water partition coefficient (Wildman–Crippen LogP) is -0.370. The minimum Gasteiger partial charge on any atom is -0.369 e. The Bertz CT molecular complexity index is 341. The number of hydrogen-bond donors (Lipinski definition) is 5. The second-order valence-electron chi connectivity index (χ2n) is 3.19. The van der Waals surface area contributed by atoms with Crippen molar-refractivity contribution < 1.29 is 9.79 Å². The number of rotatable bonds is 5. The highest BCUT2D eigenvalue weighted by atomic mass is 31.2. The molecule has 0 aliphatic rings. The van der Waals surface area contributed by atoms with Gasteiger partial charge >= 0.3 is 0 Å². The van der Waals surface area contributed by atoms with Crippen molar-refractivity contribution in [2.75, 3.05) is 0 Å². The molecule has 0 saturated heterocycles. The van der Waals surface area contributed by atoms with Crippen LogP contribution in [0.4, 0.5) is 0 Å². The average molecular weight is 242 g/mol. The Labute approximate surface area is 94.9 Å². The van der Waals surface area contributed by atoms with Gasteiger partial charge in [-0.1, -0.05) is 30.3 Å². The number of nitrogens with two attached hydrogens (primary N) is 2. The van der Waals surface area contributed by atoms with Crippen LogP contribution < -0.4 is 16.9 Å². The maximum atomic E-state index is 9.19. The summed E-state index contributed by atoms with van der Waals surface area (Å²) in [7, 11) is -2.15. The van der Waals surface area contributed by atoms with Gasteiger partial charge in [-0.3, -0.25) is 5.43 Å². The van der Waals surface area contributed by atoms with E-state index in [9.17, 15) is 9.79 Å². The molecule has 0 saturated carbocycles. The molecule has 0 aliphatic heterocycles. The van der Waals surface area contributed by atoms with Crippen LogP contribution in [0.25, 0.3) is 0 Å². The van der Waals surface area contributed by atoms with Gasteiger partial charge in [0.05, 0.1) is 0 Å². The molecule has 1 aromatic rings. The van der Waals surface area contributed by atoms with Crippen molar-refractivity contribution in [1.29, 1.82) is 0 Å². The van der Waals surface area contributed by atoms with Crippen molar-refractivity contribution >= 4 is 14.3 Å². The van der Waals surface area contributed by atoms with Gasteiger partial charge in [0.2, 0.25) is 5.96 Å². The zero-order chi connectivity index (χ0) is 12.0. The third-order valence-corrected chi connectivity index (χ3v) is 2.75. The first-order valence-electron chi connectivity index (χ1n) is 4.64. The van der Waals surface area contributed by atoms with Gasteiger partial charge in [0.1, 0.15) is 5.78 Å². The molecular weight excluding hydrogens is 227 g/mol. The molecule has 0 aliphatic carbocycles. The topological polar surface area (TPSA) is 117 Å². The number of hydrogen-bond acceptors (Lipinski definition) is 4. The summed E-state index contributed by atoms with van der Waals surface area (Å²) in [6, 6.07) is 9.43. The second-order valence-corrected chi connectivity index (χ2v) is 4.46. The minimum absolute atomic E-state index is 0.144. The van der Waals surface area contributed by atoms with Gasteiger partial charge < -0.3 is 21.3 Å². The van der Waals surface area contributed by atoms with Gasteiger partial charge in [0, 0.05) is 6.42 Å². The molecule has 7 heteroatoms. The van der Waals surface area contributed by atoms with Crippen molar-refractivity contribution in [1.82, 2.24) is 5.43 Å². The van der Waals surface area contributed by atoms with Gasteiger partial charge in [-0.2, -0.15) is 0 Å². The van der Waals surface area contributed by atoms with E-state index in [1.165, 1.54) is 0 Å². The molecule has 0 spiro atoms. The number of guanidine groups is 1. The highest BCUT2D eigenvalue weighted by Crippen LogP contribution is 2.31. The Hall–Kier alpha value is -1.36. The standard InChI is InChI=1S/C9H15N4O2P/c10-9(11)13-12-8(16(14)15)6-7-4-2-1-3-5-7/h1-5,8,12,14-15H,6H2,(H4,10,11,13). The lowest BCUT2D eigenvalue weighted by Gasteiger charge is -2.17. The molecule has 1 unspecified atom stereocenters. The molecule has 0 heterocycles. The van der Waals surface area contributed by atoms with Crippen molar-refractivity contribution in [3.8, 4) is 0 Å². The van der Waals surface area contributed by atoms with E-state index in [4.69, 9.17) is 11.5 Å². The van der Waals surface area contributed by atoms with Crippen molar-refractivity contribution in [3.05, 3.63) is 35.9 Å². The lowest BCUT2D eigenvalue weighted by molar-refractivity contribution is 0.446. The van der Waals surface area contributed by atoms with Gasteiger partial charge in [0.25, 0.3) is 0 Å². The van der Waals surface area contributed by atoms with Crippen molar-refractivity contribution in [2.24, 2.45) is 16.6 Å². The third-order valence-electron chi connectivity index (χ3n) is 1.89. The molecule has 0 aromatic heterocycles. The molecule has 1 rings (SSSR count). The third kappa shape index (κ3) is 4.44. The molecule has 0 bridgehead atoms. The summed E-state index contributed by atoms with van der Waals surface area (Å²) in [4.78, 5) is 18.4. The number of hydrazone groups is 1. The number of nitrogens with one attached hydrogen (secondary N) is 1. The van der Waals surface area contributed by atoms with Crippen LogP contribution in [0.3, 0.4) is 0 Å². The summed E-state index contributed by atoms with van der Waals surface area (Å²) >= 11 is 0. The second kappa shape index (κ2) is 6.27. The summed E-state index contributed by atoms with van der Waals surface area (Å²) in [5.74, 6) is -0.727. The lowest BCUT2D eigenvalue weighted by Crippen LogP contribution is -2.31. The summed E-state index contributed by atoms with van der Waals surface area (Å²) in [5.41, 5.74) is 13.8. The fraction of sp³-hybridized carbons (Fsp3) is 0.222. The van der Waals surface area contributed by atoms with E-state index in [1.54, 1.807) is 0 Å². The van der Waals surface area contributed by atoms with Crippen LogP contribution in [-0.2, 0) is 6.42 Å². The maximum Gasteiger partial charge on any atom is 0.208 e. The van der Waals surface area contributed by atoms with Crippen LogP contribution in [0, 0.1) is 0 Å². The van der Waals surface area contributed by atoms with E-state index in [2.05, 4.69) is 10.5 Å². The Morgan fingerprint density at radius 1 is 1.31 bits per heavy atom. The van der Waals surface area contributed by atoms with Gasteiger partial charge in [-0.05, 0) is 5.56 Å². The molecule has 1 atom stereocenters. The van der Waals surface area contributed by atoms with E-state index in [0.29, 0.717) is 6.42 Å². The van der Waals surface area contributed by atoms with Crippen LogP contribution >= 0.6 is 8.38 Å². The van der Waals surface area contributed by atoms with Gasteiger partial charge in [-0.15, -0.1) is 5.10 Å². The molecule has 16 heavy (non-hydrogen) atoms. The smallest absolute Gasteiger partial charge is 0.208 e. The van der Waals surface area contributed by atoms with Gasteiger partial charge in [-0.25, -0.2) is 0 Å². The van der Waals surface area contributed by atoms with Crippen molar-refractivity contribution in [3.63, 3.8) is 0 Å². The molecule has 7 N–H and O–H groups in total. The molecule has 1 aromatic carbocycles. The number of benzene rings is 1. The van der Waals surface area contributed by atoms with E-state index < -0.39 is 14.2 Å². The Morgan fingerprint density at radius 2 is 1.94 bits per heavy atom. The normalized spacial score (nSPS) is 12.2. The molecule has 0 fully saturated rings. The zero-order valence-electron chi connectivity index (χ0n) is 8.61. The molecule has 6 nitrogen and oxygen atoms in total. The van der Waals surface area contributed by atoms with Crippen LogP contribution in [0.15, 0.2) is 35.4 Å². The zero-order valence-corrected chi connectivity index (χ0v) is 9.51. The van der Waals surface area contributed by atoms with Crippen molar-refractivity contribution in [2.45, 2.75) is 12.2 Å². The van der Waals surface area contributed by atoms with E-state index >= 15 is 0 Å². The predicted molar refractivity (Wildman–Crippen MR) is 64.2 cm³/mol. The van der Waals surface area contributed by atoms with E-state index in [1.807, 2.05) is 30.3 Å². The van der Waals surface area contributed by atoms with Crippen LogP contribution in [0.1, 0.15) is 5.56 Å². The first-order chi connectivity index (χ1) is 7.59. The molecular formula is C9H15N4O2P. The van der Waals surface area contributed by atoms with Crippen LogP contribution in [0.5, 0.6) is 0 Å². The van der Waals surface area contributed by atoms with E-state index in [-0.39, 0.29) is 5.96 Å². The summed E-state index contributed by atoms with van der Waals surface area (Å²) in [6.07, 6.45) is 0.441.